The number of nitrogens with one attached hydrogen (secondary N) is 1. The molecule has 25 heavy (non-hydrogen) atoms. The summed E-state index contributed by atoms with van der Waals surface area (Å²) in [6, 6.07) is 12.5. The van der Waals surface area contributed by atoms with Crippen LogP contribution >= 0.6 is 0 Å². The number of rotatable bonds is 4. The maximum atomic E-state index is 13.0. The van der Waals surface area contributed by atoms with Crippen LogP contribution in [-0.2, 0) is 11.2 Å². The summed E-state index contributed by atoms with van der Waals surface area (Å²) in [4.78, 5) is 27.2. The zero-order chi connectivity index (χ0) is 18.0. The maximum absolute atomic E-state index is 13.0. The van der Waals surface area contributed by atoms with Crippen molar-refractivity contribution in [2.75, 3.05) is 11.4 Å². The smallest absolute Gasteiger partial charge is 0.251 e. The summed E-state index contributed by atoms with van der Waals surface area (Å²) in [6.07, 6.45) is 0.818. The highest BCUT2D eigenvalue weighted by atomic mass is 19.1. The van der Waals surface area contributed by atoms with Gasteiger partial charge in [-0.15, -0.1) is 0 Å². The third-order valence-electron chi connectivity index (χ3n) is 4.48. The number of hydrogen-bond donors (Lipinski definition) is 1. The zero-order valence-corrected chi connectivity index (χ0v) is 14.3. The van der Waals surface area contributed by atoms with E-state index in [4.69, 9.17) is 0 Å². The summed E-state index contributed by atoms with van der Waals surface area (Å²) in [5, 5.41) is 2.81. The van der Waals surface area contributed by atoms with Crippen molar-refractivity contribution >= 4 is 17.5 Å². The molecule has 0 aromatic heterocycles. The van der Waals surface area contributed by atoms with E-state index in [1.807, 2.05) is 38.1 Å². The van der Waals surface area contributed by atoms with Crippen LogP contribution in [-0.4, -0.2) is 24.4 Å². The van der Waals surface area contributed by atoms with Crippen molar-refractivity contribution in [1.82, 2.24) is 5.32 Å². The van der Waals surface area contributed by atoms with Crippen LogP contribution in [0.1, 0.15) is 29.8 Å². The Morgan fingerprint density at radius 3 is 2.44 bits per heavy atom. The van der Waals surface area contributed by atoms with Gasteiger partial charge < -0.3 is 10.2 Å². The molecule has 2 aromatic carbocycles. The largest absolute Gasteiger partial charge is 0.340 e. The molecule has 1 aliphatic heterocycles. The third kappa shape index (κ3) is 3.55. The Bertz CT molecular complexity index is 787. The van der Waals surface area contributed by atoms with Crippen molar-refractivity contribution in [3.8, 4) is 0 Å². The first-order valence-corrected chi connectivity index (χ1v) is 8.43. The first kappa shape index (κ1) is 17.1. The van der Waals surface area contributed by atoms with Gasteiger partial charge in [0.15, 0.2) is 0 Å². The summed E-state index contributed by atoms with van der Waals surface area (Å²) in [5.41, 5.74) is 2.39. The molecule has 0 spiro atoms. The van der Waals surface area contributed by atoms with Gasteiger partial charge in [-0.05, 0) is 48.2 Å². The summed E-state index contributed by atoms with van der Waals surface area (Å²) < 4.78 is 13.0. The number of fused-ring (bicyclic) bond motifs is 1. The van der Waals surface area contributed by atoms with Gasteiger partial charge in [-0.25, -0.2) is 4.39 Å². The Labute approximate surface area is 146 Å². The molecular formula is C20H21FN2O2. The number of hydrogen-bond acceptors (Lipinski definition) is 2. The minimum atomic E-state index is -0.635. The van der Waals surface area contributed by atoms with Crippen LogP contribution in [0.4, 0.5) is 10.1 Å². The molecule has 130 valence electrons. The van der Waals surface area contributed by atoms with Crippen LogP contribution in [0.25, 0.3) is 0 Å². The monoisotopic (exact) mass is 340 g/mol. The predicted molar refractivity (Wildman–Crippen MR) is 95.0 cm³/mol. The molecule has 0 radical (unpaired) electrons. The van der Waals surface area contributed by atoms with Gasteiger partial charge in [0, 0.05) is 17.8 Å². The van der Waals surface area contributed by atoms with E-state index in [-0.39, 0.29) is 17.7 Å². The number of carbonyl (C=O) groups is 2. The summed E-state index contributed by atoms with van der Waals surface area (Å²) in [7, 11) is 0. The van der Waals surface area contributed by atoms with E-state index in [1.165, 1.54) is 24.3 Å². The molecule has 4 nitrogen and oxygen atoms in total. The van der Waals surface area contributed by atoms with Crippen molar-refractivity contribution < 1.29 is 14.0 Å². The van der Waals surface area contributed by atoms with Crippen LogP contribution in [0.3, 0.4) is 0 Å². The Hall–Kier alpha value is -2.69. The lowest BCUT2D eigenvalue weighted by Crippen LogP contribution is -2.51. The maximum Gasteiger partial charge on any atom is 0.251 e. The first-order chi connectivity index (χ1) is 12.0. The second-order valence-corrected chi connectivity index (χ2v) is 6.57. The minimum absolute atomic E-state index is 0.0651. The highest BCUT2D eigenvalue weighted by molar-refractivity contribution is 6.03. The van der Waals surface area contributed by atoms with E-state index in [9.17, 15) is 14.0 Å². The fraction of sp³-hybridized carbons (Fsp3) is 0.300. The van der Waals surface area contributed by atoms with Gasteiger partial charge >= 0.3 is 0 Å². The number of anilines is 1. The van der Waals surface area contributed by atoms with Gasteiger partial charge in [0.2, 0.25) is 5.91 Å². The number of amides is 2. The molecule has 2 amide bonds. The minimum Gasteiger partial charge on any atom is -0.340 e. The molecule has 1 aliphatic rings. The molecule has 0 saturated heterocycles. The summed E-state index contributed by atoms with van der Waals surface area (Å²) >= 11 is 0. The highest BCUT2D eigenvalue weighted by Crippen LogP contribution is 2.28. The second kappa shape index (κ2) is 7.05. The second-order valence-electron chi connectivity index (χ2n) is 6.57. The molecule has 5 heteroatoms. The highest BCUT2D eigenvalue weighted by Gasteiger charge is 2.32. The molecule has 0 fully saturated rings. The van der Waals surface area contributed by atoms with E-state index in [1.54, 1.807) is 4.90 Å². The average molecular weight is 340 g/mol. The predicted octanol–water partition coefficient (Wildman–Crippen LogP) is 3.17. The topological polar surface area (TPSA) is 49.4 Å². The lowest BCUT2D eigenvalue weighted by atomic mass is 10.0. The van der Waals surface area contributed by atoms with Gasteiger partial charge in [0.05, 0.1) is 0 Å². The molecule has 3 rings (SSSR count). The molecule has 1 heterocycles. The quantitative estimate of drug-likeness (QED) is 0.929. The number of nitrogens with zero attached hydrogens (tertiary/aromatic N) is 1. The average Bonchev–Trinajstić information content (AvgIpc) is 3.03. The molecule has 0 aliphatic carbocycles. The lowest BCUT2D eigenvalue weighted by Gasteiger charge is -2.27. The van der Waals surface area contributed by atoms with Crippen molar-refractivity contribution in [3.63, 3.8) is 0 Å². The number of benzene rings is 2. The molecule has 0 unspecified atom stereocenters. The van der Waals surface area contributed by atoms with E-state index in [0.29, 0.717) is 12.1 Å². The van der Waals surface area contributed by atoms with Crippen molar-refractivity contribution in [2.45, 2.75) is 26.3 Å². The fourth-order valence-electron chi connectivity index (χ4n) is 3.07. The molecule has 1 N–H and O–H groups in total. The Morgan fingerprint density at radius 2 is 1.76 bits per heavy atom. The normalized spacial score (nSPS) is 14.3. The van der Waals surface area contributed by atoms with Gasteiger partial charge in [0.1, 0.15) is 11.9 Å². The van der Waals surface area contributed by atoms with Gasteiger partial charge in [0.25, 0.3) is 5.91 Å². The molecule has 0 bridgehead atoms. The van der Waals surface area contributed by atoms with E-state index < -0.39 is 11.9 Å². The van der Waals surface area contributed by atoms with Crippen LogP contribution in [0, 0.1) is 11.7 Å². The van der Waals surface area contributed by atoms with Crippen LogP contribution in [0.15, 0.2) is 48.5 Å². The van der Waals surface area contributed by atoms with Crippen LogP contribution in [0.2, 0.25) is 0 Å². The molecule has 1 atom stereocenters. The Kier molecular flexibility index (Phi) is 4.83. The van der Waals surface area contributed by atoms with Crippen LogP contribution < -0.4 is 10.2 Å². The Balaban J connectivity index is 1.78. The lowest BCUT2D eigenvalue weighted by molar-refractivity contribution is -0.121. The van der Waals surface area contributed by atoms with Crippen LogP contribution in [0.5, 0.6) is 0 Å². The summed E-state index contributed by atoms with van der Waals surface area (Å²) in [5.74, 6) is -0.957. The SMILES string of the molecule is CC(C)[C@H](NC(=O)c1ccc(F)cc1)C(=O)N1CCc2ccccc21. The number of halogens is 1. The third-order valence-corrected chi connectivity index (χ3v) is 4.48. The van der Waals surface area contributed by atoms with E-state index in [0.717, 1.165) is 17.7 Å². The standard InChI is InChI=1S/C20H21FN2O2/c1-13(2)18(22-19(24)15-7-9-16(21)10-8-15)20(25)23-12-11-14-5-3-4-6-17(14)23/h3-10,13,18H,11-12H2,1-2H3,(H,22,24)/t18-/m0/s1. The number of carbonyl (C=O) groups excluding carboxylic acids is 2. The Morgan fingerprint density at radius 1 is 1.08 bits per heavy atom. The molecule has 0 saturated carbocycles. The van der Waals surface area contributed by atoms with Crippen molar-refractivity contribution in [3.05, 3.63) is 65.5 Å². The first-order valence-electron chi connectivity index (χ1n) is 8.43. The van der Waals surface area contributed by atoms with E-state index >= 15 is 0 Å². The molecule has 2 aromatic rings. The van der Waals surface area contributed by atoms with E-state index in [2.05, 4.69) is 5.32 Å². The summed E-state index contributed by atoms with van der Waals surface area (Å²) in [6.45, 7) is 4.42. The van der Waals surface area contributed by atoms with Gasteiger partial charge in [-0.2, -0.15) is 0 Å². The van der Waals surface area contributed by atoms with Gasteiger partial charge in [-0.1, -0.05) is 32.0 Å². The fourth-order valence-corrected chi connectivity index (χ4v) is 3.07. The number of para-hydroxylation sites is 1. The molecular weight excluding hydrogens is 319 g/mol. The van der Waals surface area contributed by atoms with Gasteiger partial charge in [-0.3, -0.25) is 9.59 Å². The zero-order valence-electron chi connectivity index (χ0n) is 14.3. The van der Waals surface area contributed by atoms with Crippen molar-refractivity contribution in [1.29, 1.82) is 0 Å². The van der Waals surface area contributed by atoms with Crippen molar-refractivity contribution in [2.24, 2.45) is 5.92 Å².